The van der Waals surface area contributed by atoms with Crippen LogP contribution in [0.3, 0.4) is 0 Å². The number of anilines is 1. The summed E-state index contributed by atoms with van der Waals surface area (Å²) < 4.78 is 0.703. The number of nitrogens with one attached hydrogen (secondary N) is 3. The van der Waals surface area contributed by atoms with Gasteiger partial charge in [-0.3, -0.25) is 9.59 Å². The highest BCUT2D eigenvalue weighted by atomic mass is 79.9. The van der Waals surface area contributed by atoms with Crippen molar-refractivity contribution in [2.75, 3.05) is 25.5 Å². The lowest BCUT2D eigenvalue weighted by molar-refractivity contribution is -0.119. The van der Waals surface area contributed by atoms with E-state index in [1.807, 2.05) is 6.92 Å². The Morgan fingerprint density at radius 3 is 2.78 bits per heavy atom. The fraction of sp³-hybridized carbons (Fsp3) is 0.364. The van der Waals surface area contributed by atoms with Gasteiger partial charge in [-0.05, 0) is 28.9 Å². The smallest absolute Gasteiger partial charge is 0.255 e. The summed E-state index contributed by atoms with van der Waals surface area (Å²) in [7, 11) is 1.51. The minimum absolute atomic E-state index is 0.0621. The third-order valence-corrected chi connectivity index (χ3v) is 2.57. The molecule has 1 heterocycles. The van der Waals surface area contributed by atoms with Crippen molar-refractivity contribution in [3.05, 3.63) is 22.3 Å². The summed E-state index contributed by atoms with van der Waals surface area (Å²) in [5, 5.41) is 7.95. The molecule has 0 saturated carbocycles. The van der Waals surface area contributed by atoms with Crippen molar-refractivity contribution in [2.24, 2.45) is 0 Å². The van der Waals surface area contributed by atoms with Crippen molar-refractivity contribution in [3.8, 4) is 0 Å². The average Bonchev–Trinajstić information content (AvgIpc) is 2.37. The molecule has 3 N–H and O–H groups in total. The Labute approximate surface area is 114 Å². The number of hydrogen-bond donors (Lipinski definition) is 3. The van der Waals surface area contributed by atoms with Crippen LogP contribution in [0.25, 0.3) is 0 Å². The van der Waals surface area contributed by atoms with Crippen LogP contribution in [0, 0.1) is 0 Å². The third-order valence-electron chi connectivity index (χ3n) is 2.13. The summed E-state index contributed by atoms with van der Waals surface area (Å²) >= 11 is 3.26. The van der Waals surface area contributed by atoms with Crippen LogP contribution in [-0.4, -0.2) is 36.9 Å². The summed E-state index contributed by atoms with van der Waals surface area (Å²) in [5.74, 6) is -0.102. The molecule has 1 rings (SSSR count). The van der Waals surface area contributed by atoms with E-state index in [0.717, 1.165) is 0 Å². The lowest BCUT2D eigenvalue weighted by Gasteiger charge is -2.10. The summed E-state index contributed by atoms with van der Waals surface area (Å²) in [4.78, 5) is 27.1. The van der Waals surface area contributed by atoms with E-state index in [1.165, 1.54) is 7.05 Å². The Hall–Kier alpha value is -1.63. The molecule has 0 saturated heterocycles. The molecule has 0 unspecified atom stereocenters. The van der Waals surface area contributed by atoms with Gasteiger partial charge in [0.1, 0.15) is 5.82 Å². The molecule has 1 aromatic rings. The molecule has 0 atom stereocenters. The van der Waals surface area contributed by atoms with Crippen LogP contribution in [0.5, 0.6) is 0 Å². The standard InChI is InChI=1S/C11H15BrN4O2/c1-3-14-10-8(4-7(12)5-15-10)11(18)16-6-9(17)13-2/h4-5H,3,6H2,1-2H3,(H,13,17)(H,14,15)(H,16,18). The third kappa shape index (κ3) is 3.99. The number of halogens is 1. The Morgan fingerprint density at radius 1 is 1.44 bits per heavy atom. The molecule has 7 heteroatoms. The highest BCUT2D eigenvalue weighted by Gasteiger charge is 2.13. The van der Waals surface area contributed by atoms with Crippen molar-refractivity contribution >= 4 is 33.6 Å². The van der Waals surface area contributed by atoms with E-state index in [1.54, 1.807) is 12.3 Å². The van der Waals surface area contributed by atoms with Gasteiger partial charge in [0.2, 0.25) is 5.91 Å². The molecule has 0 radical (unpaired) electrons. The number of nitrogens with zero attached hydrogens (tertiary/aromatic N) is 1. The van der Waals surface area contributed by atoms with Gasteiger partial charge in [-0.15, -0.1) is 0 Å². The zero-order valence-electron chi connectivity index (χ0n) is 10.2. The van der Waals surface area contributed by atoms with Crippen molar-refractivity contribution in [1.82, 2.24) is 15.6 Å². The second-order valence-corrected chi connectivity index (χ2v) is 4.35. The zero-order valence-corrected chi connectivity index (χ0v) is 11.8. The molecule has 0 aliphatic carbocycles. The molecular formula is C11H15BrN4O2. The van der Waals surface area contributed by atoms with Gasteiger partial charge in [0.15, 0.2) is 0 Å². The van der Waals surface area contributed by atoms with E-state index >= 15 is 0 Å². The molecule has 0 aliphatic heterocycles. The van der Waals surface area contributed by atoms with E-state index < -0.39 is 0 Å². The summed E-state index contributed by atoms with van der Waals surface area (Å²) in [5.41, 5.74) is 0.398. The molecular weight excluding hydrogens is 300 g/mol. The predicted molar refractivity (Wildman–Crippen MR) is 72.5 cm³/mol. The number of pyridine rings is 1. The first kappa shape index (κ1) is 14.4. The second kappa shape index (κ2) is 6.95. The molecule has 0 aromatic carbocycles. The minimum Gasteiger partial charge on any atom is -0.370 e. The van der Waals surface area contributed by atoms with Gasteiger partial charge in [-0.1, -0.05) is 0 Å². The number of amides is 2. The molecule has 0 bridgehead atoms. The first-order chi connectivity index (χ1) is 8.58. The van der Waals surface area contributed by atoms with E-state index in [4.69, 9.17) is 0 Å². The Bertz CT molecular complexity index is 451. The molecule has 0 aliphatic rings. The van der Waals surface area contributed by atoms with Crippen LogP contribution < -0.4 is 16.0 Å². The molecule has 0 spiro atoms. The fourth-order valence-corrected chi connectivity index (χ4v) is 1.60. The van der Waals surface area contributed by atoms with Crippen LogP contribution in [0.1, 0.15) is 17.3 Å². The highest BCUT2D eigenvalue weighted by molar-refractivity contribution is 9.10. The van der Waals surface area contributed by atoms with E-state index in [9.17, 15) is 9.59 Å². The van der Waals surface area contributed by atoms with Crippen LogP contribution in [0.15, 0.2) is 16.7 Å². The first-order valence-electron chi connectivity index (χ1n) is 5.46. The zero-order chi connectivity index (χ0) is 13.5. The van der Waals surface area contributed by atoms with E-state index in [2.05, 4.69) is 36.9 Å². The maximum absolute atomic E-state index is 11.9. The highest BCUT2D eigenvalue weighted by Crippen LogP contribution is 2.17. The molecule has 2 amide bonds. The van der Waals surface area contributed by atoms with Crippen LogP contribution in [0.2, 0.25) is 0 Å². The largest absolute Gasteiger partial charge is 0.370 e. The predicted octanol–water partition coefficient (Wildman–Crippen LogP) is 0.752. The number of likely N-dealkylation sites (N-methyl/N-ethyl adjacent to an activating group) is 1. The molecule has 6 nitrogen and oxygen atoms in total. The van der Waals surface area contributed by atoms with Gasteiger partial charge < -0.3 is 16.0 Å². The monoisotopic (exact) mass is 314 g/mol. The van der Waals surface area contributed by atoms with Gasteiger partial charge in [0.25, 0.3) is 5.91 Å². The topological polar surface area (TPSA) is 83.1 Å². The van der Waals surface area contributed by atoms with E-state index in [-0.39, 0.29) is 18.4 Å². The molecule has 18 heavy (non-hydrogen) atoms. The van der Waals surface area contributed by atoms with Crippen molar-refractivity contribution in [2.45, 2.75) is 6.92 Å². The van der Waals surface area contributed by atoms with Crippen LogP contribution in [-0.2, 0) is 4.79 Å². The lowest BCUT2D eigenvalue weighted by Crippen LogP contribution is -2.35. The summed E-state index contributed by atoms with van der Waals surface area (Å²) in [6, 6.07) is 1.66. The van der Waals surface area contributed by atoms with Gasteiger partial charge in [0.05, 0.1) is 12.1 Å². The number of rotatable bonds is 5. The minimum atomic E-state index is -0.344. The lowest BCUT2D eigenvalue weighted by atomic mass is 10.2. The Morgan fingerprint density at radius 2 is 2.17 bits per heavy atom. The van der Waals surface area contributed by atoms with E-state index in [0.29, 0.717) is 22.4 Å². The van der Waals surface area contributed by atoms with Crippen molar-refractivity contribution in [3.63, 3.8) is 0 Å². The number of carbonyl (C=O) groups is 2. The quantitative estimate of drug-likeness (QED) is 0.749. The van der Waals surface area contributed by atoms with Gasteiger partial charge >= 0.3 is 0 Å². The maximum Gasteiger partial charge on any atom is 0.255 e. The first-order valence-corrected chi connectivity index (χ1v) is 6.26. The van der Waals surface area contributed by atoms with Crippen molar-refractivity contribution in [1.29, 1.82) is 0 Å². The summed E-state index contributed by atoms with van der Waals surface area (Å²) in [6.07, 6.45) is 1.60. The normalized spacial score (nSPS) is 9.72. The number of aromatic nitrogens is 1. The second-order valence-electron chi connectivity index (χ2n) is 3.44. The Kier molecular flexibility index (Phi) is 5.57. The summed E-state index contributed by atoms with van der Waals surface area (Å²) in [6.45, 7) is 2.51. The van der Waals surface area contributed by atoms with Crippen LogP contribution in [0.4, 0.5) is 5.82 Å². The van der Waals surface area contributed by atoms with Gasteiger partial charge in [0, 0.05) is 24.3 Å². The van der Waals surface area contributed by atoms with Gasteiger partial charge in [-0.25, -0.2) is 4.98 Å². The number of carbonyl (C=O) groups excluding carboxylic acids is 2. The molecule has 0 fully saturated rings. The average molecular weight is 315 g/mol. The SMILES string of the molecule is CCNc1ncc(Br)cc1C(=O)NCC(=O)NC. The fourth-order valence-electron chi connectivity index (χ4n) is 1.26. The van der Waals surface area contributed by atoms with Crippen LogP contribution >= 0.6 is 15.9 Å². The molecule has 1 aromatic heterocycles. The van der Waals surface area contributed by atoms with Gasteiger partial charge in [-0.2, -0.15) is 0 Å². The molecule has 98 valence electrons. The number of hydrogen-bond acceptors (Lipinski definition) is 4. The Balaban J connectivity index is 2.82. The van der Waals surface area contributed by atoms with Crippen molar-refractivity contribution < 1.29 is 9.59 Å². The maximum atomic E-state index is 11.9.